The molecule has 4 nitrogen and oxygen atoms in total. The molecule has 1 heterocycles. The molecule has 1 saturated carbocycles. The molecule has 1 aliphatic carbocycles. The van der Waals surface area contributed by atoms with Gasteiger partial charge in [0.15, 0.2) is 0 Å². The Labute approximate surface area is 112 Å². The molecule has 1 N–H and O–H groups in total. The van der Waals surface area contributed by atoms with Gasteiger partial charge in [-0.05, 0) is 37.8 Å². The molecule has 1 saturated heterocycles. The van der Waals surface area contributed by atoms with Crippen molar-refractivity contribution in [2.75, 3.05) is 18.4 Å². The second-order valence-electron chi connectivity index (χ2n) is 5.40. The topological polar surface area (TPSA) is 49.4 Å². The van der Waals surface area contributed by atoms with Crippen LogP contribution in [0.15, 0.2) is 30.3 Å². The fourth-order valence-electron chi connectivity index (χ4n) is 2.66. The second-order valence-corrected chi connectivity index (χ2v) is 5.40. The number of nitrogens with zero attached hydrogens (tertiary/aromatic N) is 1. The maximum absolute atomic E-state index is 12.4. The highest BCUT2D eigenvalue weighted by Gasteiger charge is 2.58. The van der Waals surface area contributed by atoms with E-state index in [0.29, 0.717) is 12.8 Å². The van der Waals surface area contributed by atoms with E-state index in [2.05, 4.69) is 5.32 Å². The van der Waals surface area contributed by atoms with E-state index < -0.39 is 5.41 Å². The standard InChI is InChI=1S/C15H18N2O2/c18-13(16-12-6-2-1-3-7-12)15(8-9-15)14(19)17-10-4-5-11-17/h1-3,6-7H,4-5,8-11H2,(H,16,18). The van der Waals surface area contributed by atoms with Crippen LogP contribution in [0.1, 0.15) is 25.7 Å². The van der Waals surface area contributed by atoms with Gasteiger partial charge >= 0.3 is 0 Å². The number of carbonyl (C=O) groups is 2. The summed E-state index contributed by atoms with van der Waals surface area (Å²) in [6.45, 7) is 1.61. The molecule has 3 rings (SSSR count). The van der Waals surface area contributed by atoms with Gasteiger partial charge in [-0.15, -0.1) is 0 Å². The first-order valence-electron chi connectivity index (χ1n) is 6.88. The number of benzene rings is 1. The maximum atomic E-state index is 12.4. The van der Waals surface area contributed by atoms with Crippen LogP contribution >= 0.6 is 0 Å². The van der Waals surface area contributed by atoms with Gasteiger partial charge in [0, 0.05) is 18.8 Å². The van der Waals surface area contributed by atoms with Crippen LogP contribution in [0.2, 0.25) is 0 Å². The van der Waals surface area contributed by atoms with Crippen molar-refractivity contribution in [2.45, 2.75) is 25.7 Å². The highest BCUT2D eigenvalue weighted by Crippen LogP contribution is 2.48. The van der Waals surface area contributed by atoms with Crippen molar-refractivity contribution in [1.82, 2.24) is 4.90 Å². The van der Waals surface area contributed by atoms with Gasteiger partial charge in [0.2, 0.25) is 11.8 Å². The number of hydrogen-bond donors (Lipinski definition) is 1. The number of rotatable bonds is 3. The first-order chi connectivity index (χ1) is 9.22. The molecule has 1 aromatic rings. The van der Waals surface area contributed by atoms with E-state index in [0.717, 1.165) is 31.6 Å². The van der Waals surface area contributed by atoms with Gasteiger partial charge in [-0.1, -0.05) is 18.2 Å². The summed E-state index contributed by atoms with van der Waals surface area (Å²) in [5, 5.41) is 2.86. The lowest BCUT2D eigenvalue weighted by atomic mass is 10.0. The monoisotopic (exact) mass is 258 g/mol. The third kappa shape index (κ3) is 2.23. The molecule has 0 unspecified atom stereocenters. The number of hydrogen-bond acceptors (Lipinski definition) is 2. The smallest absolute Gasteiger partial charge is 0.240 e. The fourth-order valence-corrected chi connectivity index (χ4v) is 2.66. The van der Waals surface area contributed by atoms with Gasteiger partial charge < -0.3 is 10.2 Å². The molecule has 100 valence electrons. The predicted molar refractivity (Wildman–Crippen MR) is 72.6 cm³/mol. The van der Waals surface area contributed by atoms with E-state index in [1.54, 1.807) is 0 Å². The zero-order valence-corrected chi connectivity index (χ0v) is 10.9. The van der Waals surface area contributed by atoms with Crippen molar-refractivity contribution >= 4 is 17.5 Å². The Bertz CT molecular complexity index is 488. The normalized spacial score (nSPS) is 20.1. The minimum atomic E-state index is -0.778. The quantitative estimate of drug-likeness (QED) is 0.843. The summed E-state index contributed by atoms with van der Waals surface area (Å²) in [5.41, 5.74) is -0.0202. The number of carbonyl (C=O) groups excluding carboxylic acids is 2. The van der Waals surface area contributed by atoms with Crippen molar-refractivity contribution in [3.8, 4) is 0 Å². The summed E-state index contributed by atoms with van der Waals surface area (Å²) in [7, 11) is 0. The molecule has 4 heteroatoms. The highest BCUT2D eigenvalue weighted by molar-refractivity contribution is 6.13. The van der Waals surface area contributed by atoms with Crippen molar-refractivity contribution < 1.29 is 9.59 Å². The number of likely N-dealkylation sites (tertiary alicyclic amines) is 1. The molecule has 0 spiro atoms. The zero-order chi connectivity index (χ0) is 13.3. The Hall–Kier alpha value is -1.84. The molecule has 0 radical (unpaired) electrons. The largest absolute Gasteiger partial charge is 0.342 e. The van der Waals surface area contributed by atoms with Crippen LogP contribution in [0.4, 0.5) is 5.69 Å². The van der Waals surface area contributed by atoms with Gasteiger partial charge in [0.25, 0.3) is 0 Å². The third-order valence-corrected chi connectivity index (χ3v) is 4.02. The summed E-state index contributed by atoms with van der Waals surface area (Å²) in [6.07, 6.45) is 3.48. The summed E-state index contributed by atoms with van der Waals surface area (Å²) >= 11 is 0. The minimum Gasteiger partial charge on any atom is -0.342 e. The van der Waals surface area contributed by atoms with Gasteiger partial charge in [0.1, 0.15) is 5.41 Å². The van der Waals surface area contributed by atoms with Crippen LogP contribution in [0.5, 0.6) is 0 Å². The van der Waals surface area contributed by atoms with Crippen molar-refractivity contribution in [3.63, 3.8) is 0 Å². The summed E-state index contributed by atoms with van der Waals surface area (Å²) < 4.78 is 0. The lowest BCUT2D eigenvalue weighted by Crippen LogP contribution is -2.41. The van der Waals surface area contributed by atoms with E-state index in [9.17, 15) is 9.59 Å². The van der Waals surface area contributed by atoms with Crippen molar-refractivity contribution in [2.24, 2.45) is 5.41 Å². The lowest BCUT2D eigenvalue weighted by molar-refractivity contribution is -0.141. The van der Waals surface area contributed by atoms with Crippen molar-refractivity contribution in [1.29, 1.82) is 0 Å². The molecule has 0 atom stereocenters. The number of amides is 2. The van der Waals surface area contributed by atoms with E-state index in [1.807, 2.05) is 35.2 Å². The van der Waals surface area contributed by atoms with Crippen LogP contribution in [-0.2, 0) is 9.59 Å². The fraction of sp³-hybridized carbons (Fsp3) is 0.467. The number of anilines is 1. The predicted octanol–water partition coefficient (Wildman–Crippen LogP) is 2.03. The van der Waals surface area contributed by atoms with Crippen LogP contribution in [0.3, 0.4) is 0 Å². The summed E-state index contributed by atoms with van der Waals surface area (Å²) in [6, 6.07) is 9.33. The molecular weight excluding hydrogens is 240 g/mol. The van der Waals surface area contributed by atoms with Crippen LogP contribution in [0, 0.1) is 5.41 Å². The maximum Gasteiger partial charge on any atom is 0.240 e. The van der Waals surface area contributed by atoms with Crippen LogP contribution in [-0.4, -0.2) is 29.8 Å². The Balaban J connectivity index is 1.70. The van der Waals surface area contributed by atoms with Crippen LogP contribution in [0.25, 0.3) is 0 Å². The first kappa shape index (κ1) is 12.2. The lowest BCUT2D eigenvalue weighted by Gasteiger charge is -2.22. The van der Waals surface area contributed by atoms with Crippen LogP contribution < -0.4 is 5.32 Å². The van der Waals surface area contributed by atoms with E-state index in [-0.39, 0.29) is 11.8 Å². The molecule has 2 aliphatic rings. The molecule has 0 bridgehead atoms. The van der Waals surface area contributed by atoms with Gasteiger partial charge in [-0.25, -0.2) is 0 Å². The van der Waals surface area contributed by atoms with Gasteiger partial charge in [-0.3, -0.25) is 9.59 Å². The average Bonchev–Trinajstić information content (AvgIpc) is 3.07. The van der Waals surface area contributed by atoms with Crippen molar-refractivity contribution in [3.05, 3.63) is 30.3 Å². The van der Waals surface area contributed by atoms with E-state index in [4.69, 9.17) is 0 Å². The molecule has 1 aromatic carbocycles. The number of para-hydroxylation sites is 1. The zero-order valence-electron chi connectivity index (χ0n) is 10.9. The van der Waals surface area contributed by atoms with E-state index in [1.165, 1.54) is 0 Å². The molecule has 19 heavy (non-hydrogen) atoms. The third-order valence-electron chi connectivity index (χ3n) is 4.02. The molecule has 2 amide bonds. The molecule has 0 aromatic heterocycles. The van der Waals surface area contributed by atoms with Gasteiger partial charge in [0.05, 0.1) is 0 Å². The molecule has 2 fully saturated rings. The Morgan fingerprint density at radius 1 is 1.05 bits per heavy atom. The second kappa shape index (κ2) is 4.68. The average molecular weight is 258 g/mol. The molecular formula is C15H18N2O2. The van der Waals surface area contributed by atoms with Gasteiger partial charge in [-0.2, -0.15) is 0 Å². The Morgan fingerprint density at radius 2 is 1.68 bits per heavy atom. The highest BCUT2D eigenvalue weighted by atomic mass is 16.2. The molecule has 1 aliphatic heterocycles. The minimum absolute atomic E-state index is 0.0263. The number of nitrogens with one attached hydrogen (secondary N) is 1. The Morgan fingerprint density at radius 3 is 2.26 bits per heavy atom. The summed E-state index contributed by atoms with van der Waals surface area (Å²) in [4.78, 5) is 26.6. The SMILES string of the molecule is O=C(Nc1ccccc1)C1(C(=O)N2CCCC2)CC1. The first-order valence-corrected chi connectivity index (χ1v) is 6.88. The van der Waals surface area contributed by atoms with E-state index >= 15 is 0 Å². The summed E-state index contributed by atoms with van der Waals surface area (Å²) in [5.74, 6) is -0.117. The Kier molecular flexibility index (Phi) is 3.01.